The second kappa shape index (κ2) is 11.9. The van der Waals surface area contributed by atoms with Crippen molar-refractivity contribution in [2.24, 2.45) is 0 Å². The maximum Gasteiger partial charge on any atom is 0.411 e. The van der Waals surface area contributed by atoms with Gasteiger partial charge in [0, 0.05) is 11.8 Å². The Kier molecular flexibility index (Phi) is 8.69. The number of amides is 1. The lowest BCUT2D eigenvalue weighted by atomic mass is 10.2. The van der Waals surface area contributed by atoms with Crippen molar-refractivity contribution in [2.45, 2.75) is 19.4 Å². The molecule has 0 unspecified atom stereocenters. The van der Waals surface area contributed by atoms with Crippen LogP contribution < -0.4 is 16.2 Å². The molecule has 1 aromatic heterocycles. The molecule has 1 amide bonds. The van der Waals surface area contributed by atoms with Crippen LogP contribution >= 0.6 is 0 Å². The van der Waals surface area contributed by atoms with E-state index in [-0.39, 0.29) is 23.6 Å². The zero-order valence-corrected chi connectivity index (χ0v) is 19.1. The lowest BCUT2D eigenvalue weighted by Gasteiger charge is -2.11. The Morgan fingerprint density at radius 3 is 2.68 bits per heavy atom. The molecule has 0 spiro atoms. The second-order valence-electron chi connectivity index (χ2n) is 7.91. The molecule has 0 aliphatic carbocycles. The van der Waals surface area contributed by atoms with Crippen molar-refractivity contribution in [3.05, 3.63) is 82.1 Å². The summed E-state index contributed by atoms with van der Waals surface area (Å²) in [7, 11) is 3.97. The highest BCUT2D eigenvalue weighted by atomic mass is 19.2. The maximum absolute atomic E-state index is 13.9. The first-order chi connectivity index (χ1) is 16.3. The van der Waals surface area contributed by atoms with Gasteiger partial charge in [0.1, 0.15) is 0 Å². The fourth-order valence-electron chi connectivity index (χ4n) is 3.14. The summed E-state index contributed by atoms with van der Waals surface area (Å²) in [5, 5.41) is 9.53. The van der Waals surface area contributed by atoms with E-state index < -0.39 is 17.7 Å². The third-order valence-corrected chi connectivity index (χ3v) is 4.82. The van der Waals surface area contributed by atoms with E-state index in [9.17, 15) is 18.4 Å². The van der Waals surface area contributed by atoms with Crippen LogP contribution in [0.5, 0.6) is 0 Å². The van der Waals surface area contributed by atoms with E-state index in [0.29, 0.717) is 17.9 Å². The molecule has 0 bridgehead atoms. The predicted octanol–water partition coefficient (Wildman–Crippen LogP) is 4.20. The number of benzene rings is 2. The number of carbonyl (C=O) groups is 1. The smallest absolute Gasteiger partial charge is 0.411 e. The van der Waals surface area contributed by atoms with Crippen LogP contribution in [-0.4, -0.2) is 48.0 Å². The molecule has 0 atom stereocenters. The first kappa shape index (κ1) is 24.8. The summed E-state index contributed by atoms with van der Waals surface area (Å²) in [5.41, 5.74) is 0.748. The van der Waals surface area contributed by atoms with Gasteiger partial charge in [-0.15, -0.1) is 0 Å². The van der Waals surface area contributed by atoms with Gasteiger partial charge in [0.25, 0.3) is 5.56 Å². The summed E-state index contributed by atoms with van der Waals surface area (Å²) in [6.45, 7) is 1.35. The van der Waals surface area contributed by atoms with Gasteiger partial charge in [-0.3, -0.25) is 10.1 Å². The number of nitrogens with zero attached hydrogens (tertiary/aromatic N) is 3. The molecule has 0 aliphatic heterocycles. The van der Waals surface area contributed by atoms with Gasteiger partial charge in [-0.05, 0) is 69.4 Å². The Morgan fingerprint density at radius 1 is 1.09 bits per heavy atom. The minimum atomic E-state index is -1.04. The van der Waals surface area contributed by atoms with Gasteiger partial charge in [-0.25, -0.2) is 18.3 Å². The van der Waals surface area contributed by atoms with Crippen LogP contribution in [0.25, 0.3) is 0 Å². The molecular formula is C24H27F2N5O3. The molecule has 0 saturated heterocycles. The highest BCUT2D eigenvalue weighted by molar-refractivity contribution is 5.84. The molecule has 2 aromatic carbocycles. The Morgan fingerprint density at radius 2 is 1.88 bits per heavy atom. The fraction of sp³-hybridized carbons (Fsp3) is 0.292. The summed E-state index contributed by atoms with van der Waals surface area (Å²) in [5.74, 6) is -1.85. The number of nitrogens with one attached hydrogen (secondary N) is 2. The van der Waals surface area contributed by atoms with Gasteiger partial charge in [0.15, 0.2) is 17.5 Å². The third kappa shape index (κ3) is 7.38. The summed E-state index contributed by atoms with van der Waals surface area (Å²) in [6, 6.07) is 13.3. The van der Waals surface area contributed by atoms with Crippen molar-refractivity contribution < 1.29 is 18.3 Å². The van der Waals surface area contributed by atoms with Gasteiger partial charge in [0.2, 0.25) is 0 Å². The highest BCUT2D eigenvalue weighted by Crippen LogP contribution is 2.20. The van der Waals surface area contributed by atoms with Crippen molar-refractivity contribution in [1.29, 1.82) is 0 Å². The van der Waals surface area contributed by atoms with Crippen LogP contribution in [0.4, 0.5) is 30.8 Å². The normalized spacial score (nSPS) is 10.9. The molecular weight excluding hydrogens is 444 g/mol. The molecule has 10 heteroatoms. The summed E-state index contributed by atoms with van der Waals surface area (Å²) >= 11 is 0. The first-order valence-corrected chi connectivity index (χ1v) is 10.8. The molecule has 1 heterocycles. The van der Waals surface area contributed by atoms with Crippen LogP contribution in [0.15, 0.2) is 59.4 Å². The summed E-state index contributed by atoms with van der Waals surface area (Å²) in [4.78, 5) is 26.4. The third-order valence-electron chi connectivity index (χ3n) is 4.82. The van der Waals surface area contributed by atoms with E-state index in [1.165, 1.54) is 28.9 Å². The average molecular weight is 472 g/mol. The number of aromatic nitrogens is 2. The molecule has 0 aliphatic rings. The number of ether oxygens (including phenoxy) is 1. The summed E-state index contributed by atoms with van der Waals surface area (Å²) in [6.07, 6.45) is 1.14. The Bertz CT molecular complexity index is 1180. The van der Waals surface area contributed by atoms with Crippen molar-refractivity contribution in [3.8, 4) is 0 Å². The van der Waals surface area contributed by atoms with E-state index in [1.807, 2.05) is 14.1 Å². The molecule has 0 fully saturated rings. The molecule has 180 valence electrons. The van der Waals surface area contributed by atoms with Gasteiger partial charge < -0.3 is 15.0 Å². The molecule has 8 nitrogen and oxygen atoms in total. The quantitative estimate of drug-likeness (QED) is 0.431. The topological polar surface area (TPSA) is 88.5 Å². The van der Waals surface area contributed by atoms with Crippen LogP contribution in [0.3, 0.4) is 0 Å². The first-order valence-electron chi connectivity index (χ1n) is 10.8. The second-order valence-corrected chi connectivity index (χ2v) is 7.91. The van der Waals surface area contributed by atoms with Crippen LogP contribution in [0.1, 0.15) is 18.4 Å². The van der Waals surface area contributed by atoms with E-state index in [1.54, 1.807) is 24.3 Å². The maximum atomic E-state index is 13.9. The van der Waals surface area contributed by atoms with Crippen molar-refractivity contribution in [2.75, 3.05) is 37.9 Å². The molecule has 0 saturated carbocycles. The van der Waals surface area contributed by atoms with Gasteiger partial charge >= 0.3 is 6.09 Å². The molecule has 2 N–H and O–H groups in total. The zero-order chi connectivity index (χ0) is 24.5. The summed E-state index contributed by atoms with van der Waals surface area (Å²) < 4.78 is 33.7. The number of hydrogen-bond donors (Lipinski definition) is 2. The van der Waals surface area contributed by atoms with Gasteiger partial charge in [-0.1, -0.05) is 18.2 Å². The number of anilines is 3. The van der Waals surface area contributed by atoms with Crippen LogP contribution in [0.2, 0.25) is 0 Å². The molecule has 0 radical (unpaired) electrons. The fourth-order valence-corrected chi connectivity index (χ4v) is 3.14. The lowest BCUT2D eigenvalue weighted by molar-refractivity contribution is 0.158. The van der Waals surface area contributed by atoms with Crippen LogP contribution in [0, 0.1) is 11.6 Å². The highest BCUT2D eigenvalue weighted by Gasteiger charge is 2.10. The molecule has 34 heavy (non-hydrogen) atoms. The number of rotatable bonds is 10. The number of hydrogen-bond acceptors (Lipinski definition) is 6. The van der Waals surface area contributed by atoms with Gasteiger partial charge in [0.05, 0.1) is 18.8 Å². The Balaban J connectivity index is 1.62. The monoisotopic (exact) mass is 471 g/mol. The van der Waals surface area contributed by atoms with Crippen molar-refractivity contribution >= 4 is 23.3 Å². The predicted molar refractivity (Wildman–Crippen MR) is 126 cm³/mol. The number of carbonyl (C=O) groups excluding carboxylic acids is 1. The lowest BCUT2D eigenvalue weighted by Crippen LogP contribution is -2.23. The van der Waals surface area contributed by atoms with Crippen LogP contribution in [-0.2, 0) is 11.3 Å². The van der Waals surface area contributed by atoms with E-state index >= 15 is 0 Å². The zero-order valence-electron chi connectivity index (χ0n) is 19.1. The minimum absolute atomic E-state index is 0.0934. The van der Waals surface area contributed by atoms with E-state index in [4.69, 9.17) is 4.74 Å². The van der Waals surface area contributed by atoms with Crippen molar-refractivity contribution in [1.82, 2.24) is 14.7 Å². The Hall–Kier alpha value is -3.79. The average Bonchev–Trinajstić information content (AvgIpc) is 2.79. The number of unbranched alkanes of at least 4 members (excludes halogenated alkanes) is 1. The SMILES string of the molecule is CN(C)CCCCOC(=O)Nc1cccc(Cn2nc(Nc3cccc(F)c3F)ccc2=O)c1. The number of halogens is 2. The molecule has 3 rings (SSSR count). The van der Waals surface area contributed by atoms with E-state index in [2.05, 4.69) is 20.6 Å². The van der Waals surface area contributed by atoms with Crippen molar-refractivity contribution in [3.63, 3.8) is 0 Å². The largest absolute Gasteiger partial charge is 0.449 e. The standard InChI is InChI=1S/C24H27F2N5O3/c1-30(2)13-3-4-14-34-24(33)27-18-8-5-7-17(15-18)16-31-22(32)12-11-21(29-31)28-20-10-6-9-19(25)23(20)26/h5-12,15H,3-4,13-14,16H2,1-2H3,(H,27,33)(H,28,29). The molecule has 3 aromatic rings. The van der Waals surface area contributed by atoms with E-state index in [0.717, 1.165) is 25.5 Å². The Labute approximate surface area is 196 Å². The van der Waals surface area contributed by atoms with Gasteiger partial charge in [-0.2, -0.15) is 5.10 Å². The minimum Gasteiger partial charge on any atom is -0.449 e.